The number of thioether (sulfide) groups is 1. The molecule has 1 aromatic carbocycles. The average molecular weight is 383 g/mol. The van der Waals surface area contributed by atoms with Crippen molar-refractivity contribution in [1.29, 1.82) is 0 Å². The second-order valence-electron chi connectivity index (χ2n) is 5.25. The second kappa shape index (κ2) is 8.94. The van der Waals surface area contributed by atoms with Crippen LogP contribution in [0.3, 0.4) is 0 Å². The van der Waals surface area contributed by atoms with Crippen LogP contribution in [0, 0.1) is 0 Å². The summed E-state index contributed by atoms with van der Waals surface area (Å²) in [4.78, 5) is 14.1. The van der Waals surface area contributed by atoms with Gasteiger partial charge in [-0.3, -0.25) is 9.69 Å². The lowest BCUT2D eigenvalue weighted by molar-refractivity contribution is -0.137. The van der Waals surface area contributed by atoms with Gasteiger partial charge < -0.3 is 10.1 Å². The number of morpholine rings is 1. The van der Waals surface area contributed by atoms with E-state index < -0.39 is 11.7 Å². The minimum absolute atomic E-state index is 0.0229. The van der Waals surface area contributed by atoms with E-state index in [9.17, 15) is 18.0 Å². The van der Waals surface area contributed by atoms with Gasteiger partial charge in [0.25, 0.3) is 0 Å². The van der Waals surface area contributed by atoms with Crippen molar-refractivity contribution in [3.05, 3.63) is 28.8 Å². The normalized spacial score (nSPS) is 16.2. The largest absolute Gasteiger partial charge is 0.416 e. The summed E-state index contributed by atoms with van der Waals surface area (Å²) in [6.45, 7) is 4.06. The zero-order chi connectivity index (χ0) is 17.6. The molecule has 0 radical (unpaired) electrons. The van der Waals surface area contributed by atoms with Crippen molar-refractivity contribution in [2.45, 2.75) is 6.18 Å². The summed E-state index contributed by atoms with van der Waals surface area (Å²) in [6.07, 6.45) is -4.48. The van der Waals surface area contributed by atoms with Crippen molar-refractivity contribution in [1.82, 2.24) is 4.90 Å². The van der Waals surface area contributed by atoms with Crippen LogP contribution in [0.5, 0.6) is 0 Å². The van der Waals surface area contributed by atoms with Crippen molar-refractivity contribution in [2.75, 3.05) is 49.7 Å². The topological polar surface area (TPSA) is 41.6 Å². The summed E-state index contributed by atoms with van der Waals surface area (Å²) < 4.78 is 43.3. The van der Waals surface area contributed by atoms with Crippen LogP contribution in [-0.4, -0.2) is 55.2 Å². The highest BCUT2D eigenvalue weighted by molar-refractivity contribution is 7.99. The summed E-state index contributed by atoms with van der Waals surface area (Å²) in [6, 6.07) is 2.86. The minimum Gasteiger partial charge on any atom is -0.379 e. The number of rotatable bonds is 6. The van der Waals surface area contributed by atoms with E-state index in [1.807, 2.05) is 0 Å². The Balaban J connectivity index is 1.77. The van der Waals surface area contributed by atoms with E-state index >= 15 is 0 Å². The van der Waals surface area contributed by atoms with Crippen molar-refractivity contribution in [3.63, 3.8) is 0 Å². The third kappa shape index (κ3) is 6.16. The molecular weight excluding hydrogens is 365 g/mol. The Morgan fingerprint density at radius 3 is 2.71 bits per heavy atom. The molecule has 0 bridgehead atoms. The number of nitrogens with zero attached hydrogens (tertiary/aromatic N) is 1. The Labute approximate surface area is 147 Å². The van der Waals surface area contributed by atoms with Gasteiger partial charge in [0.1, 0.15) is 0 Å². The number of hydrogen-bond donors (Lipinski definition) is 1. The number of carbonyl (C=O) groups excluding carboxylic acids is 1. The van der Waals surface area contributed by atoms with Gasteiger partial charge in [-0.1, -0.05) is 11.6 Å². The summed E-state index contributed by atoms with van der Waals surface area (Å²) in [7, 11) is 0. The molecule has 1 aliphatic heterocycles. The van der Waals surface area contributed by atoms with Crippen LogP contribution >= 0.6 is 23.4 Å². The number of alkyl halides is 3. The number of nitrogens with one attached hydrogen (secondary N) is 1. The second-order valence-corrected chi connectivity index (χ2v) is 6.76. The van der Waals surface area contributed by atoms with Crippen LogP contribution in [0.4, 0.5) is 18.9 Å². The Bertz CT molecular complexity index is 566. The molecule has 0 aromatic heterocycles. The van der Waals surface area contributed by atoms with E-state index in [4.69, 9.17) is 16.3 Å². The molecule has 0 spiro atoms. The fourth-order valence-electron chi connectivity index (χ4n) is 2.17. The van der Waals surface area contributed by atoms with E-state index in [0.717, 1.165) is 56.8 Å². The number of carbonyl (C=O) groups is 1. The third-order valence-corrected chi connectivity index (χ3v) is 4.72. The fourth-order valence-corrected chi connectivity index (χ4v) is 3.12. The molecule has 134 valence electrons. The van der Waals surface area contributed by atoms with Crippen molar-refractivity contribution in [2.24, 2.45) is 0 Å². The van der Waals surface area contributed by atoms with Crippen LogP contribution < -0.4 is 5.32 Å². The first kappa shape index (κ1) is 19.4. The lowest BCUT2D eigenvalue weighted by Crippen LogP contribution is -2.37. The molecule has 1 fully saturated rings. The molecule has 0 unspecified atom stereocenters. The molecule has 2 rings (SSSR count). The number of benzene rings is 1. The number of anilines is 1. The van der Waals surface area contributed by atoms with Gasteiger partial charge in [-0.15, -0.1) is 0 Å². The fraction of sp³-hybridized carbons (Fsp3) is 0.533. The zero-order valence-electron chi connectivity index (χ0n) is 12.9. The average Bonchev–Trinajstić information content (AvgIpc) is 2.53. The molecule has 1 aromatic rings. The first-order valence-corrected chi connectivity index (χ1v) is 8.94. The third-order valence-electron chi connectivity index (χ3n) is 3.46. The minimum atomic E-state index is -4.48. The van der Waals surface area contributed by atoms with Gasteiger partial charge in [0, 0.05) is 25.4 Å². The molecular formula is C15H18ClF3N2O2S. The zero-order valence-corrected chi connectivity index (χ0v) is 14.4. The Hall–Kier alpha value is -0.960. The molecule has 0 atom stereocenters. The van der Waals surface area contributed by atoms with Crippen LogP contribution in [0.2, 0.25) is 5.02 Å². The lowest BCUT2D eigenvalue weighted by Gasteiger charge is -2.26. The summed E-state index contributed by atoms with van der Waals surface area (Å²) in [5.41, 5.74) is -0.868. The van der Waals surface area contributed by atoms with E-state index in [1.165, 1.54) is 11.8 Å². The van der Waals surface area contributed by atoms with Crippen molar-refractivity contribution >= 4 is 35.0 Å². The summed E-state index contributed by atoms with van der Waals surface area (Å²) >= 11 is 7.28. The predicted octanol–water partition coefficient (Wildman–Crippen LogP) is 3.36. The van der Waals surface area contributed by atoms with Gasteiger partial charge in [0.2, 0.25) is 5.91 Å². The molecule has 1 heterocycles. The van der Waals surface area contributed by atoms with E-state index in [-0.39, 0.29) is 22.4 Å². The number of amides is 1. The molecule has 9 heteroatoms. The smallest absolute Gasteiger partial charge is 0.379 e. The molecule has 1 aliphatic rings. The standard InChI is InChI=1S/C15H18ClF3N2O2S/c16-12-2-1-11(15(17,18)19)9-13(12)20-14(22)10-24-8-5-21-3-6-23-7-4-21/h1-2,9H,3-8,10H2,(H,20,22). The summed E-state index contributed by atoms with van der Waals surface area (Å²) in [5, 5.41) is 2.51. The maximum Gasteiger partial charge on any atom is 0.416 e. The van der Waals surface area contributed by atoms with Gasteiger partial charge in [0.05, 0.1) is 35.2 Å². The molecule has 1 saturated heterocycles. The maximum atomic E-state index is 12.7. The monoisotopic (exact) mass is 382 g/mol. The predicted molar refractivity (Wildman–Crippen MR) is 89.7 cm³/mol. The van der Waals surface area contributed by atoms with Crippen LogP contribution in [-0.2, 0) is 15.7 Å². The molecule has 4 nitrogen and oxygen atoms in total. The molecule has 1 N–H and O–H groups in total. The van der Waals surface area contributed by atoms with Crippen LogP contribution in [0.1, 0.15) is 5.56 Å². The van der Waals surface area contributed by atoms with Crippen LogP contribution in [0.25, 0.3) is 0 Å². The molecule has 0 saturated carbocycles. The number of ether oxygens (including phenoxy) is 1. The Kier molecular flexibility index (Phi) is 7.21. The van der Waals surface area contributed by atoms with E-state index in [1.54, 1.807) is 0 Å². The lowest BCUT2D eigenvalue weighted by atomic mass is 10.2. The van der Waals surface area contributed by atoms with Gasteiger partial charge >= 0.3 is 6.18 Å². The van der Waals surface area contributed by atoms with E-state index in [0.29, 0.717) is 0 Å². The highest BCUT2D eigenvalue weighted by Crippen LogP contribution is 2.33. The van der Waals surface area contributed by atoms with Gasteiger partial charge in [-0.05, 0) is 18.2 Å². The first-order chi connectivity index (χ1) is 11.4. The molecule has 24 heavy (non-hydrogen) atoms. The van der Waals surface area contributed by atoms with Gasteiger partial charge in [0.15, 0.2) is 0 Å². The number of halogens is 4. The Morgan fingerprint density at radius 2 is 2.04 bits per heavy atom. The van der Waals surface area contributed by atoms with E-state index in [2.05, 4.69) is 10.2 Å². The van der Waals surface area contributed by atoms with Gasteiger partial charge in [-0.2, -0.15) is 24.9 Å². The maximum absolute atomic E-state index is 12.7. The number of hydrogen-bond acceptors (Lipinski definition) is 4. The van der Waals surface area contributed by atoms with Gasteiger partial charge in [-0.25, -0.2) is 0 Å². The summed E-state index contributed by atoms with van der Waals surface area (Å²) in [5.74, 6) is 0.559. The highest BCUT2D eigenvalue weighted by atomic mass is 35.5. The van der Waals surface area contributed by atoms with Crippen molar-refractivity contribution in [3.8, 4) is 0 Å². The van der Waals surface area contributed by atoms with Crippen LogP contribution in [0.15, 0.2) is 18.2 Å². The Morgan fingerprint density at radius 1 is 1.33 bits per heavy atom. The molecule has 1 amide bonds. The highest BCUT2D eigenvalue weighted by Gasteiger charge is 2.31. The van der Waals surface area contributed by atoms with Crippen molar-refractivity contribution < 1.29 is 22.7 Å². The SMILES string of the molecule is O=C(CSCCN1CCOCC1)Nc1cc(C(F)(F)F)ccc1Cl. The molecule has 0 aliphatic carbocycles. The first-order valence-electron chi connectivity index (χ1n) is 7.41. The quantitative estimate of drug-likeness (QED) is 0.766.